The molecule has 0 aliphatic carbocycles. The molecule has 124 valence electrons. The Morgan fingerprint density at radius 2 is 2.22 bits per heavy atom. The van der Waals surface area contributed by atoms with E-state index in [4.69, 9.17) is 5.73 Å². The number of benzene rings is 1. The van der Waals surface area contributed by atoms with E-state index in [9.17, 15) is 14.4 Å². The second kappa shape index (κ2) is 7.73. The number of amides is 2. The first kappa shape index (κ1) is 17.0. The number of methoxy groups -OCH3 is 1. The number of esters is 1. The van der Waals surface area contributed by atoms with E-state index in [1.54, 1.807) is 18.2 Å². The zero-order valence-electron chi connectivity index (χ0n) is 13.1. The fraction of sp³-hybridized carbons (Fsp3) is 0.438. The van der Waals surface area contributed by atoms with Crippen LogP contribution in [0.4, 0.5) is 5.69 Å². The van der Waals surface area contributed by atoms with E-state index in [0.717, 1.165) is 5.56 Å². The number of fused-ring (bicyclic) bond motifs is 1. The molecule has 0 radical (unpaired) electrons. The number of anilines is 1. The van der Waals surface area contributed by atoms with Gasteiger partial charge in [0.05, 0.1) is 19.4 Å². The van der Waals surface area contributed by atoms with E-state index < -0.39 is 11.9 Å². The van der Waals surface area contributed by atoms with Crippen LogP contribution in [0, 0.1) is 5.92 Å². The Balaban J connectivity index is 2.07. The molecule has 0 bridgehead atoms. The molecule has 1 aliphatic heterocycles. The van der Waals surface area contributed by atoms with Crippen molar-refractivity contribution in [2.24, 2.45) is 11.7 Å². The van der Waals surface area contributed by atoms with Gasteiger partial charge in [-0.3, -0.25) is 14.4 Å². The number of carbonyl (C=O) groups excluding carboxylic acids is 3. The van der Waals surface area contributed by atoms with Gasteiger partial charge < -0.3 is 21.1 Å². The van der Waals surface area contributed by atoms with E-state index in [-0.39, 0.29) is 18.2 Å². The molecule has 2 rings (SSSR count). The third kappa shape index (κ3) is 4.29. The van der Waals surface area contributed by atoms with Gasteiger partial charge in [-0.15, -0.1) is 0 Å². The van der Waals surface area contributed by atoms with Crippen molar-refractivity contribution in [2.45, 2.75) is 19.3 Å². The Bertz CT molecular complexity index is 615. The molecule has 7 nitrogen and oxygen atoms in total. The van der Waals surface area contributed by atoms with Gasteiger partial charge in [-0.25, -0.2) is 0 Å². The summed E-state index contributed by atoms with van der Waals surface area (Å²) in [5, 5.41) is 5.52. The summed E-state index contributed by atoms with van der Waals surface area (Å²) in [6, 6.07) is 5.17. The van der Waals surface area contributed by atoms with E-state index >= 15 is 0 Å². The molecule has 0 fully saturated rings. The summed E-state index contributed by atoms with van der Waals surface area (Å²) in [6.07, 6.45) is 1.21. The average Bonchev–Trinajstić information content (AvgIpc) is 2.55. The maximum atomic E-state index is 12.1. The van der Waals surface area contributed by atoms with Crippen molar-refractivity contribution in [3.05, 3.63) is 29.3 Å². The number of carbonyl (C=O) groups is 3. The van der Waals surface area contributed by atoms with Crippen molar-refractivity contribution in [1.82, 2.24) is 5.32 Å². The van der Waals surface area contributed by atoms with Crippen molar-refractivity contribution in [3.63, 3.8) is 0 Å². The van der Waals surface area contributed by atoms with Gasteiger partial charge in [0.15, 0.2) is 0 Å². The first-order chi connectivity index (χ1) is 11.0. The quantitative estimate of drug-likeness (QED) is 0.520. The normalized spacial score (nSPS) is 16.3. The number of hydrogen-bond acceptors (Lipinski definition) is 5. The smallest absolute Gasteiger partial charge is 0.306 e. The summed E-state index contributed by atoms with van der Waals surface area (Å²) in [7, 11) is 1.30. The van der Waals surface area contributed by atoms with Crippen LogP contribution in [0.5, 0.6) is 0 Å². The van der Waals surface area contributed by atoms with Crippen LogP contribution in [0.15, 0.2) is 18.2 Å². The van der Waals surface area contributed by atoms with Crippen molar-refractivity contribution in [2.75, 3.05) is 25.5 Å². The van der Waals surface area contributed by atoms with Gasteiger partial charge in [-0.05, 0) is 37.1 Å². The van der Waals surface area contributed by atoms with Crippen molar-refractivity contribution >= 4 is 23.5 Å². The number of rotatable bonds is 6. The third-order valence-electron chi connectivity index (χ3n) is 3.77. The standard InChI is InChI=1S/C16H21N3O4/c1-23-14(20)9-12-7-10-3-4-11(8-13(10)19-16(12)22)15(21)18-6-2-5-17/h3-4,8,12H,2,5-7,9,17H2,1H3,(H,18,21)(H,19,22). The minimum atomic E-state index is -0.445. The summed E-state index contributed by atoms with van der Waals surface area (Å²) < 4.78 is 4.61. The molecule has 0 saturated heterocycles. The second-order valence-electron chi connectivity index (χ2n) is 5.44. The fourth-order valence-corrected chi connectivity index (χ4v) is 2.46. The Morgan fingerprint density at radius 3 is 2.91 bits per heavy atom. The Hall–Kier alpha value is -2.41. The van der Waals surface area contributed by atoms with Crippen molar-refractivity contribution in [3.8, 4) is 0 Å². The molecule has 1 unspecified atom stereocenters. The third-order valence-corrected chi connectivity index (χ3v) is 3.77. The van der Waals surface area contributed by atoms with Gasteiger partial charge in [0.25, 0.3) is 5.91 Å². The van der Waals surface area contributed by atoms with Crippen LogP contribution in [0.3, 0.4) is 0 Å². The topological polar surface area (TPSA) is 111 Å². The van der Waals surface area contributed by atoms with Crippen LogP contribution in [-0.4, -0.2) is 38.0 Å². The van der Waals surface area contributed by atoms with E-state index in [1.165, 1.54) is 7.11 Å². The molecule has 1 heterocycles. The first-order valence-electron chi connectivity index (χ1n) is 7.54. The molecule has 7 heteroatoms. The fourth-order valence-electron chi connectivity index (χ4n) is 2.46. The average molecular weight is 319 g/mol. The highest BCUT2D eigenvalue weighted by Crippen LogP contribution is 2.28. The maximum absolute atomic E-state index is 12.1. The molecule has 0 spiro atoms. The highest BCUT2D eigenvalue weighted by Gasteiger charge is 2.28. The van der Waals surface area contributed by atoms with Crippen LogP contribution in [0.25, 0.3) is 0 Å². The molecule has 2 amide bonds. The molecule has 1 aromatic rings. The lowest BCUT2D eigenvalue weighted by Gasteiger charge is -2.24. The highest BCUT2D eigenvalue weighted by molar-refractivity contribution is 6.00. The number of hydrogen-bond donors (Lipinski definition) is 3. The highest BCUT2D eigenvalue weighted by atomic mass is 16.5. The number of nitrogens with one attached hydrogen (secondary N) is 2. The lowest BCUT2D eigenvalue weighted by molar-refractivity contribution is -0.143. The molecule has 1 aromatic carbocycles. The monoisotopic (exact) mass is 319 g/mol. The van der Waals surface area contributed by atoms with Crippen LogP contribution in [0.2, 0.25) is 0 Å². The predicted molar refractivity (Wildman–Crippen MR) is 84.9 cm³/mol. The Morgan fingerprint density at radius 1 is 1.43 bits per heavy atom. The van der Waals surface area contributed by atoms with Gasteiger partial charge in [0.1, 0.15) is 0 Å². The van der Waals surface area contributed by atoms with E-state index in [1.807, 2.05) is 0 Å². The van der Waals surface area contributed by atoms with Crippen LogP contribution < -0.4 is 16.4 Å². The lowest BCUT2D eigenvalue weighted by Crippen LogP contribution is -2.32. The molecule has 0 saturated carbocycles. The molecular formula is C16H21N3O4. The predicted octanol–water partition coefficient (Wildman–Crippen LogP) is 0.439. The summed E-state index contributed by atoms with van der Waals surface area (Å²) in [4.78, 5) is 35.4. The molecule has 1 aliphatic rings. The van der Waals surface area contributed by atoms with Gasteiger partial charge in [-0.1, -0.05) is 6.07 Å². The molecule has 1 atom stereocenters. The van der Waals surface area contributed by atoms with Gasteiger partial charge in [-0.2, -0.15) is 0 Å². The van der Waals surface area contributed by atoms with Crippen LogP contribution in [-0.2, 0) is 20.7 Å². The van der Waals surface area contributed by atoms with E-state index in [0.29, 0.717) is 37.2 Å². The van der Waals surface area contributed by atoms with Crippen molar-refractivity contribution in [1.29, 1.82) is 0 Å². The largest absolute Gasteiger partial charge is 0.469 e. The van der Waals surface area contributed by atoms with E-state index in [2.05, 4.69) is 15.4 Å². The molecular weight excluding hydrogens is 298 g/mol. The summed E-state index contributed by atoms with van der Waals surface area (Å²) in [5.74, 6) is -1.29. The lowest BCUT2D eigenvalue weighted by atomic mass is 9.90. The Labute approximate surface area is 134 Å². The SMILES string of the molecule is COC(=O)CC1Cc2ccc(C(=O)NCCCN)cc2NC1=O. The van der Waals surface area contributed by atoms with Crippen molar-refractivity contribution < 1.29 is 19.1 Å². The van der Waals surface area contributed by atoms with Gasteiger partial charge in [0, 0.05) is 17.8 Å². The first-order valence-corrected chi connectivity index (χ1v) is 7.54. The summed E-state index contributed by atoms with van der Waals surface area (Å²) in [6.45, 7) is 1.03. The molecule has 23 heavy (non-hydrogen) atoms. The van der Waals surface area contributed by atoms with Crippen LogP contribution in [0.1, 0.15) is 28.8 Å². The summed E-state index contributed by atoms with van der Waals surface area (Å²) >= 11 is 0. The second-order valence-corrected chi connectivity index (χ2v) is 5.44. The number of nitrogens with two attached hydrogens (primary N) is 1. The minimum absolute atomic E-state index is 0.0447. The molecule has 0 aromatic heterocycles. The zero-order valence-corrected chi connectivity index (χ0v) is 13.1. The number of ether oxygens (including phenoxy) is 1. The van der Waals surface area contributed by atoms with Gasteiger partial charge in [0.2, 0.25) is 5.91 Å². The zero-order chi connectivity index (χ0) is 16.8. The Kier molecular flexibility index (Phi) is 5.70. The van der Waals surface area contributed by atoms with Crippen LogP contribution >= 0.6 is 0 Å². The molecule has 4 N–H and O–H groups in total. The minimum Gasteiger partial charge on any atom is -0.469 e. The maximum Gasteiger partial charge on any atom is 0.306 e. The van der Waals surface area contributed by atoms with Gasteiger partial charge >= 0.3 is 5.97 Å². The summed E-state index contributed by atoms with van der Waals surface area (Å²) in [5.41, 5.74) is 7.38.